The molecule has 0 heterocycles. The molecule has 2 aromatic carbocycles. The van der Waals surface area contributed by atoms with Crippen molar-refractivity contribution in [1.82, 2.24) is 0 Å². The summed E-state index contributed by atoms with van der Waals surface area (Å²) in [5.74, 6) is 0. The van der Waals surface area contributed by atoms with Crippen molar-refractivity contribution in [3.63, 3.8) is 0 Å². The molecule has 0 N–H and O–H groups in total. The van der Waals surface area contributed by atoms with Crippen LogP contribution < -0.4 is 0 Å². The van der Waals surface area contributed by atoms with Crippen LogP contribution in [0.25, 0.3) is 11.1 Å². The van der Waals surface area contributed by atoms with E-state index in [2.05, 4.69) is 0 Å². The molecular weight excluding hydrogens is 232 g/mol. The first kappa shape index (κ1) is 11.9. The largest absolute Gasteiger partial charge is 0.224 e. The van der Waals surface area contributed by atoms with Crippen LogP contribution in [0.4, 0.5) is 0 Å². The van der Waals surface area contributed by atoms with Gasteiger partial charge < -0.3 is 0 Å². The molecule has 88 valence electrons. The van der Waals surface area contributed by atoms with Gasteiger partial charge in [0.15, 0.2) is 9.84 Å². The van der Waals surface area contributed by atoms with Gasteiger partial charge in [0.1, 0.15) is 0 Å². The minimum atomic E-state index is -3.16. The first-order valence-corrected chi connectivity index (χ1v) is 7.24. The highest BCUT2D eigenvalue weighted by Gasteiger charge is 2.11. The second-order valence-corrected chi connectivity index (χ2v) is 6.10. The van der Waals surface area contributed by atoms with Crippen LogP contribution in [0, 0.1) is 6.92 Å². The lowest BCUT2D eigenvalue weighted by Crippen LogP contribution is -2.00. The lowest BCUT2D eigenvalue weighted by atomic mass is 10.0. The summed E-state index contributed by atoms with van der Waals surface area (Å²) in [4.78, 5) is 0.402. The fourth-order valence-electron chi connectivity index (χ4n) is 1.81. The summed E-state index contributed by atoms with van der Waals surface area (Å²) >= 11 is 0. The molecule has 0 fully saturated rings. The monoisotopic (exact) mass is 246 g/mol. The predicted molar refractivity (Wildman–Crippen MR) is 69.7 cm³/mol. The van der Waals surface area contributed by atoms with E-state index in [1.807, 2.05) is 49.4 Å². The lowest BCUT2D eigenvalue weighted by Gasteiger charge is -2.07. The average molecular weight is 246 g/mol. The average Bonchev–Trinajstić information content (AvgIpc) is 2.29. The molecule has 0 aliphatic heterocycles. The van der Waals surface area contributed by atoms with Crippen molar-refractivity contribution in [2.75, 3.05) is 6.26 Å². The van der Waals surface area contributed by atoms with Crippen LogP contribution in [0.15, 0.2) is 53.4 Å². The molecular formula is C14H14O2S. The summed E-state index contributed by atoms with van der Waals surface area (Å²) in [6.45, 7) is 1.81. The highest BCUT2D eigenvalue weighted by Crippen LogP contribution is 2.24. The molecule has 2 rings (SSSR count). The molecule has 0 aliphatic rings. The van der Waals surface area contributed by atoms with Gasteiger partial charge in [-0.25, -0.2) is 8.42 Å². The fourth-order valence-corrected chi connectivity index (χ4v) is 2.80. The normalized spacial score (nSPS) is 11.4. The summed E-state index contributed by atoms with van der Waals surface area (Å²) in [5.41, 5.74) is 2.74. The van der Waals surface area contributed by atoms with Gasteiger partial charge in [0.05, 0.1) is 4.90 Å². The minimum Gasteiger partial charge on any atom is -0.224 e. The molecule has 0 amide bonds. The van der Waals surface area contributed by atoms with E-state index in [1.54, 1.807) is 6.07 Å². The molecule has 17 heavy (non-hydrogen) atoms. The summed E-state index contributed by atoms with van der Waals surface area (Å²) in [5, 5.41) is 0. The number of aryl methyl sites for hydroxylation is 1. The van der Waals surface area contributed by atoms with E-state index in [9.17, 15) is 8.42 Å². The highest BCUT2D eigenvalue weighted by molar-refractivity contribution is 7.90. The van der Waals surface area contributed by atoms with Gasteiger partial charge in [-0.15, -0.1) is 0 Å². The van der Waals surface area contributed by atoms with Crippen LogP contribution in [-0.4, -0.2) is 14.7 Å². The molecule has 0 radical (unpaired) electrons. The number of rotatable bonds is 2. The summed E-state index contributed by atoms with van der Waals surface area (Å²) in [6, 6.07) is 15.3. The van der Waals surface area contributed by atoms with E-state index in [0.717, 1.165) is 16.7 Å². The first-order valence-electron chi connectivity index (χ1n) is 5.34. The van der Waals surface area contributed by atoms with Gasteiger partial charge in [0.2, 0.25) is 0 Å². The molecule has 2 nitrogen and oxygen atoms in total. The summed E-state index contributed by atoms with van der Waals surface area (Å²) in [6.07, 6.45) is 1.24. The van der Waals surface area contributed by atoms with Crippen LogP contribution in [0.1, 0.15) is 5.56 Å². The van der Waals surface area contributed by atoms with Crippen molar-refractivity contribution in [3.8, 4) is 11.1 Å². The van der Waals surface area contributed by atoms with E-state index in [4.69, 9.17) is 0 Å². The Kier molecular flexibility index (Phi) is 3.03. The molecule has 0 spiro atoms. The quantitative estimate of drug-likeness (QED) is 0.816. The molecule has 2 aromatic rings. The summed E-state index contributed by atoms with van der Waals surface area (Å²) in [7, 11) is -3.16. The van der Waals surface area contributed by atoms with Gasteiger partial charge in [-0.3, -0.25) is 0 Å². The zero-order valence-corrected chi connectivity index (χ0v) is 10.7. The first-order chi connectivity index (χ1) is 7.98. The third-order valence-corrected chi connectivity index (χ3v) is 3.93. The Labute approximate surface area is 102 Å². The van der Waals surface area contributed by atoms with E-state index in [1.165, 1.54) is 6.26 Å². The van der Waals surface area contributed by atoms with Crippen LogP contribution in [-0.2, 0) is 9.84 Å². The Bertz CT molecular complexity index is 629. The van der Waals surface area contributed by atoms with Crippen molar-refractivity contribution in [2.24, 2.45) is 0 Å². The zero-order chi connectivity index (χ0) is 12.5. The molecule has 0 unspecified atom stereocenters. The Hall–Kier alpha value is -1.61. The molecule has 0 bridgehead atoms. The van der Waals surface area contributed by atoms with Crippen molar-refractivity contribution >= 4 is 9.84 Å². The number of benzene rings is 2. The van der Waals surface area contributed by atoms with Crippen LogP contribution in [0.3, 0.4) is 0 Å². The van der Waals surface area contributed by atoms with Crippen molar-refractivity contribution in [2.45, 2.75) is 11.8 Å². The molecule has 0 aliphatic carbocycles. The lowest BCUT2D eigenvalue weighted by molar-refractivity contribution is 0.601. The number of hydrogen-bond donors (Lipinski definition) is 0. The Morgan fingerprint density at radius 1 is 0.882 bits per heavy atom. The zero-order valence-electron chi connectivity index (χ0n) is 9.84. The van der Waals surface area contributed by atoms with Crippen molar-refractivity contribution < 1.29 is 8.42 Å². The standard InChI is InChI=1S/C14H14O2S/c1-11-8-9-13(10-14(11)17(2,15)16)12-6-4-3-5-7-12/h3-10H,1-2H3. The van der Waals surface area contributed by atoms with E-state index >= 15 is 0 Å². The van der Waals surface area contributed by atoms with Gasteiger partial charge in [0, 0.05) is 6.26 Å². The van der Waals surface area contributed by atoms with Gasteiger partial charge >= 0.3 is 0 Å². The number of sulfone groups is 1. The van der Waals surface area contributed by atoms with Crippen LogP contribution >= 0.6 is 0 Å². The van der Waals surface area contributed by atoms with Crippen LogP contribution in [0.2, 0.25) is 0 Å². The maximum absolute atomic E-state index is 11.6. The molecule has 0 saturated heterocycles. The van der Waals surface area contributed by atoms with Gasteiger partial charge in [-0.2, -0.15) is 0 Å². The number of hydrogen-bond acceptors (Lipinski definition) is 2. The Balaban J connectivity index is 2.61. The van der Waals surface area contributed by atoms with E-state index < -0.39 is 9.84 Å². The molecule has 0 atom stereocenters. The third-order valence-electron chi connectivity index (χ3n) is 2.69. The topological polar surface area (TPSA) is 34.1 Å². The van der Waals surface area contributed by atoms with E-state index in [0.29, 0.717) is 4.90 Å². The van der Waals surface area contributed by atoms with Gasteiger partial charge in [-0.1, -0.05) is 42.5 Å². The smallest absolute Gasteiger partial charge is 0.175 e. The maximum atomic E-state index is 11.6. The fraction of sp³-hybridized carbons (Fsp3) is 0.143. The highest BCUT2D eigenvalue weighted by atomic mass is 32.2. The van der Waals surface area contributed by atoms with Gasteiger partial charge in [-0.05, 0) is 29.7 Å². The summed E-state index contributed by atoms with van der Waals surface area (Å²) < 4.78 is 23.3. The maximum Gasteiger partial charge on any atom is 0.175 e. The minimum absolute atomic E-state index is 0.402. The van der Waals surface area contributed by atoms with Gasteiger partial charge in [0.25, 0.3) is 0 Å². The third kappa shape index (κ3) is 2.56. The van der Waals surface area contributed by atoms with E-state index in [-0.39, 0.29) is 0 Å². The molecule has 0 saturated carbocycles. The second-order valence-electron chi connectivity index (χ2n) is 4.12. The SMILES string of the molecule is Cc1ccc(-c2ccccc2)cc1S(C)(=O)=O. The Morgan fingerprint density at radius 2 is 1.53 bits per heavy atom. The molecule has 3 heteroatoms. The molecule has 0 aromatic heterocycles. The van der Waals surface area contributed by atoms with Crippen molar-refractivity contribution in [1.29, 1.82) is 0 Å². The van der Waals surface area contributed by atoms with Crippen molar-refractivity contribution in [3.05, 3.63) is 54.1 Å². The Morgan fingerprint density at radius 3 is 2.12 bits per heavy atom. The second kappa shape index (κ2) is 4.34. The predicted octanol–water partition coefficient (Wildman–Crippen LogP) is 3.07. The van der Waals surface area contributed by atoms with Crippen LogP contribution in [0.5, 0.6) is 0 Å².